The van der Waals surface area contributed by atoms with Crippen molar-refractivity contribution in [2.24, 2.45) is 0 Å². The summed E-state index contributed by atoms with van der Waals surface area (Å²) < 4.78 is 31.7. The van der Waals surface area contributed by atoms with Crippen LogP contribution in [0.2, 0.25) is 0 Å². The Hall–Kier alpha value is -1.98. The molecule has 33 heavy (non-hydrogen) atoms. The summed E-state index contributed by atoms with van der Waals surface area (Å²) in [7, 11) is -0.149. The molecule has 4 rings (SSSR count). The molecule has 1 aliphatic carbocycles. The van der Waals surface area contributed by atoms with Crippen molar-refractivity contribution in [2.75, 3.05) is 19.0 Å². The number of aliphatic hydroxyl groups excluding tert-OH is 1. The molecule has 0 aliphatic heterocycles. The van der Waals surface area contributed by atoms with E-state index >= 15 is 0 Å². The van der Waals surface area contributed by atoms with E-state index in [1.165, 1.54) is 11.3 Å². The number of imidazole rings is 1. The standard InChI is InChI=1S/C23H32N4O4S2/c1-14-21(27-13-20(23(2,3)29)32-22(27)24-14)15-6-11-18(26(4)5)19(12-15)33(30,31)25-16-7-9-17(28)10-8-16/h6,11-13,16-17,25,28-29H,7-10H2,1-5H3. The number of nitrogens with one attached hydrogen (secondary N) is 1. The van der Waals surface area contributed by atoms with Crippen molar-refractivity contribution in [2.45, 2.75) is 69.1 Å². The fraction of sp³-hybridized carbons (Fsp3) is 0.522. The van der Waals surface area contributed by atoms with Crippen molar-refractivity contribution in [3.05, 3.63) is 35.0 Å². The molecule has 1 aliphatic rings. The molecule has 0 saturated heterocycles. The molecule has 3 N–H and O–H groups in total. The van der Waals surface area contributed by atoms with Gasteiger partial charge in [0.2, 0.25) is 10.0 Å². The summed E-state index contributed by atoms with van der Waals surface area (Å²) in [6, 6.07) is 5.24. The van der Waals surface area contributed by atoms with Crippen molar-refractivity contribution in [3.63, 3.8) is 0 Å². The first-order valence-corrected chi connectivity index (χ1v) is 13.4. The quantitative estimate of drug-likeness (QED) is 0.488. The largest absolute Gasteiger partial charge is 0.393 e. The molecule has 1 saturated carbocycles. The van der Waals surface area contributed by atoms with Crippen molar-refractivity contribution in [1.82, 2.24) is 14.1 Å². The lowest BCUT2D eigenvalue weighted by Gasteiger charge is -2.27. The summed E-state index contributed by atoms with van der Waals surface area (Å²) in [5.74, 6) is 0. The maximum Gasteiger partial charge on any atom is 0.242 e. The number of sulfonamides is 1. The van der Waals surface area contributed by atoms with Crippen LogP contribution in [0.5, 0.6) is 0 Å². The molecule has 0 spiro atoms. The highest BCUT2D eigenvalue weighted by atomic mass is 32.2. The molecule has 180 valence electrons. The van der Waals surface area contributed by atoms with Crippen molar-refractivity contribution in [1.29, 1.82) is 0 Å². The monoisotopic (exact) mass is 492 g/mol. The van der Waals surface area contributed by atoms with Gasteiger partial charge < -0.3 is 15.1 Å². The van der Waals surface area contributed by atoms with Crippen molar-refractivity contribution in [3.8, 4) is 11.3 Å². The summed E-state index contributed by atoms with van der Waals surface area (Å²) in [5.41, 5.74) is 1.95. The number of hydrogen-bond donors (Lipinski definition) is 3. The Morgan fingerprint density at radius 2 is 1.88 bits per heavy atom. The predicted octanol–water partition coefficient (Wildman–Crippen LogP) is 3.25. The van der Waals surface area contributed by atoms with E-state index in [0.717, 1.165) is 26.8 Å². The number of fused-ring (bicyclic) bond motifs is 1. The highest BCUT2D eigenvalue weighted by Gasteiger charge is 2.28. The van der Waals surface area contributed by atoms with E-state index in [4.69, 9.17) is 0 Å². The summed E-state index contributed by atoms with van der Waals surface area (Å²) in [6.45, 7) is 5.37. The Labute approximate surface area is 198 Å². The molecule has 8 nitrogen and oxygen atoms in total. The topological polar surface area (TPSA) is 107 Å². The van der Waals surface area contributed by atoms with Gasteiger partial charge in [0.1, 0.15) is 4.90 Å². The molecule has 0 amide bonds. The van der Waals surface area contributed by atoms with E-state index in [2.05, 4.69) is 9.71 Å². The van der Waals surface area contributed by atoms with Crippen LogP contribution in [0.4, 0.5) is 5.69 Å². The number of anilines is 1. The molecular formula is C23H32N4O4S2. The maximum atomic E-state index is 13.5. The molecule has 1 fully saturated rings. The van der Waals surface area contributed by atoms with Crippen LogP contribution >= 0.6 is 11.3 Å². The minimum Gasteiger partial charge on any atom is -0.393 e. The minimum atomic E-state index is -3.79. The van der Waals surface area contributed by atoms with Crippen LogP contribution in [0.25, 0.3) is 16.2 Å². The highest BCUT2D eigenvalue weighted by Crippen LogP contribution is 2.36. The van der Waals surface area contributed by atoms with Gasteiger partial charge in [-0.1, -0.05) is 17.4 Å². The smallest absolute Gasteiger partial charge is 0.242 e. The van der Waals surface area contributed by atoms with E-state index in [-0.39, 0.29) is 17.0 Å². The zero-order valence-corrected chi connectivity index (χ0v) is 21.3. The van der Waals surface area contributed by atoms with Crippen LogP contribution in [0.1, 0.15) is 50.1 Å². The number of thiazole rings is 1. The number of hydrogen-bond acceptors (Lipinski definition) is 7. The third kappa shape index (κ3) is 4.81. The summed E-state index contributed by atoms with van der Waals surface area (Å²) >= 11 is 1.42. The van der Waals surface area contributed by atoms with Crippen molar-refractivity contribution >= 4 is 32.0 Å². The van der Waals surface area contributed by atoms with Gasteiger partial charge in [-0.25, -0.2) is 18.1 Å². The number of benzene rings is 1. The molecular weight excluding hydrogens is 460 g/mol. The van der Waals surface area contributed by atoms with Gasteiger partial charge in [0.25, 0.3) is 0 Å². The van der Waals surface area contributed by atoms with Gasteiger partial charge >= 0.3 is 0 Å². The van der Waals surface area contributed by atoms with Gasteiger partial charge in [-0.15, -0.1) is 0 Å². The molecule has 2 heterocycles. The summed E-state index contributed by atoms with van der Waals surface area (Å²) in [5, 5.41) is 20.2. The summed E-state index contributed by atoms with van der Waals surface area (Å²) in [4.78, 5) is 8.18. The number of rotatable bonds is 6. The van der Waals surface area contributed by atoms with E-state index in [9.17, 15) is 18.6 Å². The zero-order valence-electron chi connectivity index (χ0n) is 19.7. The van der Waals surface area contributed by atoms with Crippen LogP contribution in [0.15, 0.2) is 29.3 Å². The average Bonchev–Trinajstić information content (AvgIpc) is 3.26. The van der Waals surface area contributed by atoms with Crippen LogP contribution in [-0.4, -0.2) is 54.3 Å². The van der Waals surface area contributed by atoms with Gasteiger partial charge in [-0.05, 0) is 58.6 Å². The Kier molecular flexibility index (Phi) is 6.34. The number of aryl methyl sites for hydroxylation is 1. The van der Waals surface area contributed by atoms with E-state index in [1.807, 2.05) is 43.7 Å². The third-order valence-electron chi connectivity index (χ3n) is 6.13. The highest BCUT2D eigenvalue weighted by molar-refractivity contribution is 7.89. The molecule has 10 heteroatoms. The fourth-order valence-corrected chi connectivity index (χ4v) is 6.95. The van der Waals surface area contributed by atoms with Crippen LogP contribution in [0, 0.1) is 6.92 Å². The molecule has 2 aromatic heterocycles. The van der Waals surface area contributed by atoms with E-state index in [1.54, 1.807) is 24.8 Å². The lowest BCUT2D eigenvalue weighted by Crippen LogP contribution is -2.39. The number of aromatic nitrogens is 2. The van der Waals surface area contributed by atoms with Crippen LogP contribution in [0.3, 0.4) is 0 Å². The Bertz CT molecular complexity index is 1260. The van der Waals surface area contributed by atoms with Gasteiger partial charge in [-0.3, -0.25) is 4.40 Å². The van der Waals surface area contributed by atoms with E-state index < -0.39 is 15.6 Å². The average molecular weight is 493 g/mol. The van der Waals surface area contributed by atoms with Gasteiger partial charge in [0, 0.05) is 31.9 Å². The normalized spacial score (nSPS) is 19.8. The van der Waals surface area contributed by atoms with Crippen LogP contribution < -0.4 is 9.62 Å². The van der Waals surface area contributed by atoms with Crippen LogP contribution in [-0.2, 0) is 15.6 Å². The molecule has 0 unspecified atom stereocenters. The second-order valence-electron chi connectivity index (χ2n) is 9.56. The summed E-state index contributed by atoms with van der Waals surface area (Å²) in [6.07, 6.45) is 3.96. The maximum absolute atomic E-state index is 13.5. The second kappa shape index (κ2) is 8.66. The Morgan fingerprint density at radius 3 is 2.48 bits per heavy atom. The lowest BCUT2D eigenvalue weighted by molar-refractivity contribution is 0.0822. The Balaban J connectivity index is 1.78. The first-order valence-electron chi connectivity index (χ1n) is 11.1. The molecule has 3 aromatic rings. The van der Waals surface area contributed by atoms with Gasteiger partial charge in [0.05, 0.1) is 33.7 Å². The third-order valence-corrected chi connectivity index (χ3v) is 8.97. The van der Waals surface area contributed by atoms with Crippen molar-refractivity contribution < 1.29 is 18.6 Å². The molecule has 0 radical (unpaired) electrons. The number of nitrogens with zero attached hydrogens (tertiary/aromatic N) is 3. The molecule has 0 atom stereocenters. The predicted molar refractivity (Wildman–Crippen MR) is 131 cm³/mol. The second-order valence-corrected chi connectivity index (χ2v) is 12.2. The van der Waals surface area contributed by atoms with Gasteiger partial charge in [0.15, 0.2) is 4.96 Å². The first-order chi connectivity index (χ1) is 15.4. The Morgan fingerprint density at radius 1 is 1.21 bits per heavy atom. The number of aliphatic hydroxyl groups is 2. The lowest BCUT2D eigenvalue weighted by atomic mass is 9.94. The van der Waals surface area contributed by atoms with E-state index in [0.29, 0.717) is 31.4 Å². The minimum absolute atomic E-state index is 0.188. The fourth-order valence-electron chi connectivity index (χ4n) is 4.31. The van der Waals surface area contributed by atoms with Gasteiger partial charge in [-0.2, -0.15) is 0 Å². The first kappa shape index (κ1) is 24.2. The molecule has 0 bridgehead atoms. The SMILES string of the molecule is Cc1nc2sc(C(C)(C)O)cn2c1-c1ccc(N(C)C)c(S(=O)(=O)NC2CCC(O)CC2)c1. The zero-order chi connectivity index (χ0) is 24.1. The molecule has 1 aromatic carbocycles.